The van der Waals surface area contributed by atoms with Gasteiger partial charge >= 0.3 is 6.18 Å². The summed E-state index contributed by atoms with van der Waals surface area (Å²) in [5, 5.41) is 6.46. The van der Waals surface area contributed by atoms with E-state index in [1.165, 1.54) is 5.56 Å². The number of hydrogen-bond donors (Lipinski definition) is 2. The van der Waals surface area contributed by atoms with E-state index in [9.17, 15) is 13.2 Å². The molecule has 0 heterocycles. The highest BCUT2D eigenvalue weighted by Gasteiger charge is 2.27. The molecule has 0 aliphatic carbocycles. The van der Waals surface area contributed by atoms with Crippen LogP contribution in [0.5, 0.6) is 5.75 Å². The SMILES string of the molecule is CN=C(NCCc1ccc(OC)cc1)NCc1ccc(COCC(F)(F)F)cc1. The smallest absolute Gasteiger partial charge is 0.411 e. The molecule has 0 aliphatic rings. The summed E-state index contributed by atoms with van der Waals surface area (Å²) in [6.07, 6.45) is -3.46. The van der Waals surface area contributed by atoms with E-state index in [0.29, 0.717) is 18.1 Å². The van der Waals surface area contributed by atoms with E-state index in [1.54, 1.807) is 26.3 Å². The number of benzene rings is 2. The fourth-order valence-corrected chi connectivity index (χ4v) is 2.56. The molecule has 0 spiro atoms. The van der Waals surface area contributed by atoms with E-state index in [2.05, 4.69) is 20.4 Å². The first-order valence-corrected chi connectivity index (χ1v) is 9.19. The maximum atomic E-state index is 12.1. The van der Waals surface area contributed by atoms with Crippen molar-refractivity contribution in [3.8, 4) is 5.75 Å². The first-order chi connectivity index (χ1) is 13.9. The van der Waals surface area contributed by atoms with E-state index in [4.69, 9.17) is 4.74 Å². The molecule has 0 bridgehead atoms. The second-order valence-corrected chi connectivity index (χ2v) is 6.38. The van der Waals surface area contributed by atoms with Crippen LogP contribution in [-0.2, 0) is 24.3 Å². The molecule has 2 aromatic carbocycles. The summed E-state index contributed by atoms with van der Waals surface area (Å²) >= 11 is 0. The van der Waals surface area contributed by atoms with Gasteiger partial charge < -0.3 is 20.1 Å². The first-order valence-electron chi connectivity index (χ1n) is 9.19. The van der Waals surface area contributed by atoms with Gasteiger partial charge in [0, 0.05) is 20.1 Å². The lowest BCUT2D eigenvalue weighted by molar-refractivity contribution is -0.176. The number of nitrogens with one attached hydrogen (secondary N) is 2. The lowest BCUT2D eigenvalue weighted by Crippen LogP contribution is -2.37. The summed E-state index contributed by atoms with van der Waals surface area (Å²) in [7, 11) is 3.34. The molecule has 2 N–H and O–H groups in total. The molecule has 0 atom stereocenters. The topological polar surface area (TPSA) is 54.9 Å². The van der Waals surface area contributed by atoms with Crippen molar-refractivity contribution < 1.29 is 22.6 Å². The summed E-state index contributed by atoms with van der Waals surface area (Å²) in [6.45, 7) is -0.0377. The highest BCUT2D eigenvalue weighted by molar-refractivity contribution is 5.79. The number of halogens is 3. The number of ether oxygens (including phenoxy) is 2. The lowest BCUT2D eigenvalue weighted by Gasteiger charge is -2.13. The molecule has 0 aliphatic heterocycles. The Kier molecular flexibility index (Phi) is 8.79. The highest BCUT2D eigenvalue weighted by atomic mass is 19.4. The van der Waals surface area contributed by atoms with Crippen LogP contribution in [0.4, 0.5) is 13.2 Å². The van der Waals surface area contributed by atoms with Crippen LogP contribution in [0.2, 0.25) is 0 Å². The van der Waals surface area contributed by atoms with Crippen LogP contribution in [0.3, 0.4) is 0 Å². The van der Waals surface area contributed by atoms with E-state index >= 15 is 0 Å². The number of aliphatic imine (C=N–C) groups is 1. The Morgan fingerprint density at radius 1 is 0.931 bits per heavy atom. The van der Waals surface area contributed by atoms with Crippen LogP contribution in [0.25, 0.3) is 0 Å². The van der Waals surface area contributed by atoms with Crippen molar-refractivity contribution >= 4 is 5.96 Å². The fraction of sp³-hybridized carbons (Fsp3) is 0.381. The number of rotatable bonds is 9. The van der Waals surface area contributed by atoms with Crippen LogP contribution in [0.15, 0.2) is 53.5 Å². The van der Waals surface area contributed by atoms with Gasteiger partial charge in [0.15, 0.2) is 5.96 Å². The zero-order valence-corrected chi connectivity index (χ0v) is 16.6. The molecular weight excluding hydrogens is 383 g/mol. The van der Waals surface area contributed by atoms with Gasteiger partial charge in [-0.3, -0.25) is 4.99 Å². The number of alkyl halides is 3. The van der Waals surface area contributed by atoms with Gasteiger partial charge in [-0.15, -0.1) is 0 Å². The molecular formula is C21H26F3N3O2. The quantitative estimate of drug-likeness (QED) is 0.490. The Labute approximate surface area is 168 Å². The summed E-state index contributed by atoms with van der Waals surface area (Å²) in [6, 6.07) is 15.1. The molecule has 0 aromatic heterocycles. The molecule has 2 rings (SSSR count). The zero-order valence-electron chi connectivity index (χ0n) is 16.6. The first kappa shape index (κ1) is 22.5. The van der Waals surface area contributed by atoms with Crippen LogP contribution in [0, 0.1) is 0 Å². The maximum absolute atomic E-state index is 12.1. The van der Waals surface area contributed by atoms with Gasteiger partial charge in [-0.25, -0.2) is 0 Å². The van der Waals surface area contributed by atoms with Gasteiger partial charge in [0.2, 0.25) is 0 Å². The van der Waals surface area contributed by atoms with Crippen molar-refractivity contribution in [1.29, 1.82) is 0 Å². The average Bonchev–Trinajstić information content (AvgIpc) is 2.71. The third-order valence-corrected chi connectivity index (χ3v) is 4.11. The number of nitrogens with zero attached hydrogens (tertiary/aromatic N) is 1. The minimum atomic E-state index is -4.31. The third kappa shape index (κ3) is 8.87. The normalized spacial score (nSPS) is 12.0. The molecule has 0 fully saturated rings. The summed E-state index contributed by atoms with van der Waals surface area (Å²) in [5.41, 5.74) is 2.87. The molecule has 2 aromatic rings. The standard InChI is InChI=1S/C21H26F3N3O2/c1-25-20(26-12-11-16-7-9-19(28-2)10-8-16)27-13-17-3-5-18(6-4-17)14-29-15-21(22,23)24/h3-10H,11-15H2,1-2H3,(H2,25,26,27). The van der Waals surface area contributed by atoms with E-state index in [-0.39, 0.29) is 6.61 Å². The minimum absolute atomic E-state index is 0.0677. The van der Waals surface area contributed by atoms with E-state index < -0.39 is 12.8 Å². The molecule has 5 nitrogen and oxygen atoms in total. The van der Waals surface area contributed by atoms with Crippen molar-refractivity contribution in [2.75, 3.05) is 27.3 Å². The van der Waals surface area contributed by atoms with Crippen LogP contribution in [0.1, 0.15) is 16.7 Å². The largest absolute Gasteiger partial charge is 0.497 e. The molecule has 158 valence electrons. The lowest BCUT2D eigenvalue weighted by atomic mass is 10.1. The Morgan fingerprint density at radius 3 is 2.14 bits per heavy atom. The van der Waals surface area contributed by atoms with Crippen molar-refractivity contribution in [1.82, 2.24) is 10.6 Å². The van der Waals surface area contributed by atoms with Gasteiger partial charge in [0.25, 0.3) is 0 Å². The van der Waals surface area contributed by atoms with Gasteiger partial charge in [-0.2, -0.15) is 13.2 Å². The molecule has 0 radical (unpaired) electrons. The summed E-state index contributed by atoms with van der Waals surface area (Å²) < 4.78 is 46.1. The van der Waals surface area contributed by atoms with Crippen LogP contribution < -0.4 is 15.4 Å². The van der Waals surface area contributed by atoms with Gasteiger partial charge in [-0.05, 0) is 35.2 Å². The van der Waals surface area contributed by atoms with Crippen LogP contribution in [-0.4, -0.2) is 39.4 Å². The number of hydrogen-bond acceptors (Lipinski definition) is 3. The molecule has 0 amide bonds. The molecule has 0 saturated carbocycles. The predicted molar refractivity (Wildman–Crippen MR) is 107 cm³/mol. The van der Waals surface area contributed by atoms with E-state index in [1.807, 2.05) is 36.4 Å². The minimum Gasteiger partial charge on any atom is -0.497 e. The highest BCUT2D eigenvalue weighted by Crippen LogP contribution is 2.16. The Hall–Kier alpha value is -2.74. The Balaban J connectivity index is 1.71. The Bertz CT molecular complexity index is 760. The van der Waals surface area contributed by atoms with Crippen molar-refractivity contribution in [3.63, 3.8) is 0 Å². The molecule has 0 saturated heterocycles. The molecule has 29 heavy (non-hydrogen) atoms. The van der Waals surface area contributed by atoms with Crippen molar-refractivity contribution in [2.45, 2.75) is 25.7 Å². The van der Waals surface area contributed by atoms with Crippen molar-refractivity contribution in [3.05, 3.63) is 65.2 Å². The molecule has 0 unspecified atom stereocenters. The van der Waals surface area contributed by atoms with Crippen molar-refractivity contribution in [2.24, 2.45) is 4.99 Å². The van der Waals surface area contributed by atoms with Crippen LogP contribution >= 0.6 is 0 Å². The monoisotopic (exact) mass is 409 g/mol. The van der Waals surface area contributed by atoms with Gasteiger partial charge in [0.05, 0.1) is 13.7 Å². The average molecular weight is 409 g/mol. The Morgan fingerprint density at radius 2 is 1.55 bits per heavy atom. The fourth-order valence-electron chi connectivity index (χ4n) is 2.56. The molecule has 8 heteroatoms. The van der Waals surface area contributed by atoms with Gasteiger partial charge in [0.1, 0.15) is 12.4 Å². The third-order valence-electron chi connectivity index (χ3n) is 4.11. The summed E-state index contributed by atoms with van der Waals surface area (Å²) in [5.74, 6) is 1.51. The zero-order chi connectivity index (χ0) is 21.1. The summed E-state index contributed by atoms with van der Waals surface area (Å²) in [4.78, 5) is 4.19. The second-order valence-electron chi connectivity index (χ2n) is 6.38. The van der Waals surface area contributed by atoms with E-state index in [0.717, 1.165) is 24.3 Å². The maximum Gasteiger partial charge on any atom is 0.411 e. The predicted octanol–water partition coefficient (Wildman–Crippen LogP) is 3.68. The van der Waals surface area contributed by atoms with Gasteiger partial charge in [-0.1, -0.05) is 36.4 Å². The second kappa shape index (κ2) is 11.3. The number of methoxy groups -OCH3 is 1. The number of guanidine groups is 1.